The lowest BCUT2D eigenvalue weighted by Crippen LogP contribution is -2.37. The fourth-order valence-electron chi connectivity index (χ4n) is 3.06. The molecule has 1 aliphatic heterocycles. The first-order chi connectivity index (χ1) is 12.6. The summed E-state index contributed by atoms with van der Waals surface area (Å²) in [5.74, 6) is 1.95. The van der Waals surface area contributed by atoms with Gasteiger partial charge in [-0.05, 0) is 49.9 Å². The van der Waals surface area contributed by atoms with Gasteiger partial charge in [-0.1, -0.05) is 6.07 Å². The van der Waals surface area contributed by atoms with Gasteiger partial charge in [0, 0.05) is 26.2 Å². The van der Waals surface area contributed by atoms with Crippen molar-refractivity contribution in [2.24, 2.45) is 10.7 Å². The van der Waals surface area contributed by atoms with Crippen molar-refractivity contribution in [3.8, 4) is 11.5 Å². The van der Waals surface area contributed by atoms with E-state index in [1.54, 1.807) is 14.2 Å². The molecule has 1 aliphatic rings. The Balaban J connectivity index is 0.00000364. The van der Waals surface area contributed by atoms with Gasteiger partial charge in [-0.2, -0.15) is 0 Å². The Labute approximate surface area is 179 Å². The van der Waals surface area contributed by atoms with Crippen LogP contribution in [0.1, 0.15) is 24.8 Å². The Morgan fingerprint density at radius 3 is 2.63 bits per heavy atom. The molecule has 0 spiro atoms. The lowest BCUT2D eigenvalue weighted by atomic mass is 10.1. The van der Waals surface area contributed by atoms with E-state index in [0.717, 1.165) is 68.9 Å². The van der Waals surface area contributed by atoms with E-state index >= 15 is 0 Å². The first kappa shape index (κ1) is 23.8. The number of nitrogens with one attached hydrogen (secondary N) is 1. The number of ether oxygens (including phenoxy) is 2. The van der Waals surface area contributed by atoms with Crippen LogP contribution in [0.25, 0.3) is 0 Å². The summed E-state index contributed by atoms with van der Waals surface area (Å²) in [6.45, 7) is 4.39. The molecule has 1 fully saturated rings. The summed E-state index contributed by atoms with van der Waals surface area (Å²) in [6, 6.07) is 5.90. The first-order valence-electron chi connectivity index (χ1n) is 9.27. The van der Waals surface area contributed by atoms with Crippen molar-refractivity contribution in [1.82, 2.24) is 10.2 Å². The summed E-state index contributed by atoms with van der Waals surface area (Å²) in [5, 5.41) is 12.7. The molecule has 7 nitrogen and oxygen atoms in total. The van der Waals surface area contributed by atoms with E-state index in [2.05, 4.69) is 15.2 Å². The quantitative estimate of drug-likeness (QED) is 0.210. The molecule has 4 N–H and O–H groups in total. The summed E-state index contributed by atoms with van der Waals surface area (Å²) < 4.78 is 10.6. The smallest absolute Gasteiger partial charge is 0.188 e. The Kier molecular flexibility index (Phi) is 11.5. The van der Waals surface area contributed by atoms with E-state index in [4.69, 9.17) is 15.2 Å². The molecule has 27 heavy (non-hydrogen) atoms. The van der Waals surface area contributed by atoms with Crippen LogP contribution < -0.4 is 20.5 Å². The minimum atomic E-state index is -0.116. The van der Waals surface area contributed by atoms with Crippen molar-refractivity contribution in [2.45, 2.75) is 31.8 Å². The van der Waals surface area contributed by atoms with Crippen LogP contribution in [0.15, 0.2) is 23.2 Å². The first-order valence-corrected chi connectivity index (χ1v) is 9.27. The van der Waals surface area contributed by atoms with Gasteiger partial charge in [0.25, 0.3) is 0 Å². The number of benzene rings is 1. The molecule has 0 unspecified atom stereocenters. The minimum Gasteiger partial charge on any atom is -0.493 e. The van der Waals surface area contributed by atoms with Crippen LogP contribution in [0, 0.1) is 0 Å². The Bertz CT molecular complexity index is 578. The summed E-state index contributed by atoms with van der Waals surface area (Å²) >= 11 is 0. The minimum absolute atomic E-state index is 0. The molecule has 8 heteroatoms. The number of nitrogens with zero attached hydrogens (tertiary/aromatic N) is 2. The van der Waals surface area contributed by atoms with Gasteiger partial charge in [0.2, 0.25) is 0 Å². The third kappa shape index (κ3) is 8.52. The van der Waals surface area contributed by atoms with Crippen LogP contribution in [0.3, 0.4) is 0 Å². The number of methoxy groups -OCH3 is 2. The van der Waals surface area contributed by atoms with E-state index in [9.17, 15) is 5.11 Å². The van der Waals surface area contributed by atoms with Gasteiger partial charge < -0.3 is 30.5 Å². The van der Waals surface area contributed by atoms with Crippen LogP contribution in [-0.2, 0) is 6.42 Å². The molecule has 1 saturated heterocycles. The molecule has 1 heterocycles. The number of piperidine rings is 1. The van der Waals surface area contributed by atoms with Crippen LogP contribution in [0.4, 0.5) is 0 Å². The number of hydrogen-bond acceptors (Lipinski definition) is 5. The average molecular weight is 492 g/mol. The fourth-order valence-corrected chi connectivity index (χ4v) is 3.06. The maximum atomic E-state index is 9.51. The molecule has 0 aromatic heterocycles. The van der Waals surface area contributed by atoms with Crippen molar-refractivity contribution in [1.29, 1.82) is 0 Å². The van der Waals surface area contributed by atoms with Gasteiger partial charge in [-0.15, -0.1) is 24.0 Å². The van der Waals surface area contributed by atoms with Gasteiger partial charge in [0.15, 0.2) is 17.5 Å². The third-order valence-corrected chi connectivity index (χ3v) is 4.64. The molecule has 1 aromatic carbocycles. The van der Waals surface area contributed by atoms with E-state index in [0.29, 0.717) is 12.5 Å². The van der Waals surface area contributed by atoms with Gasteiger partial charge in [-0.3, -0.25) is 4.99 Å². The number of nitrogens with two attached hydrogens (primary N) is 1. The molecule has 154 valence electrons. The highest BCUT2D eigenvalue weighted by Crippen LogP contribution is 2.27. The second-order valence-electron chi connectivity index (χ2n) is 6.56. The molecular formula is C19H33IN4O3. The number of likely N-dealkylation sites (tertiary alicyclic amines) is 1. The van der Waals surface area contributed by atoms with E-state index < -0.39 is 0 Å². The maximum absolute atomic E-state index is 9.51. The summed E-state index contributed by atoms with van der Waals surface area (Å²) in [4.78, 5) is 6.76. The number of halogens is 1. The third-order valence-electron chi connectivity index (χ3n) is 4.64. The molecule has 0 atom stereocenters. The van der Waals surface area contributed by atoms with E-state index in [-0.39, 0.29) is 30.1 Å². The highest BCUT2D eigenvalue weighted by atomic mass is 127. The zero-order chi connectivity index (χ0) is 18.8. The SMILES string of the molecule is COc1ccc(CCNC(N)=NCCCN2CCC(O)CC2)cc1OC.I. The molecule has 0 aliphatic carbocycles. The highest BCUT2D eigenvalue weighted by Gasteiger charge is 2.15. The number of aliphatic hydroxyl groups is 1. The highest BCUT2D eigenvalue weighted by molar-refractivity contribution is 14.0. The van der Waals surface area contributed by atoms with Crippen molar-refractivity contribution in [3.05, 3.63) is 23.8 Å². The Morgan fingerprint density at radius 1 is 1.26 bits per heavy atom. The van der Waals surface area contributed by atoms with Crippen LogP contribution >= 0.6 is 24.0 Å². The van der Waals surface area contributed by atoms with E-state index in [1.165, 1.54) is 0 Å². The molecule has 0 amide bonds. The zero-order valence-corrected chi connectivity index (χ0v) is 18.6. The van der Waals surface area contributed by atoms with Crippen molar-refractivity contribution in [2.75, 3.05) is 46.9 Å². The summed E-state index contributed by atoms with van der Waals surface area (Å²) in [6.07, 6.45) is 3.45. The zero-order valence-electron chi connectivity index (χ0n) is 16.3. The second-order valence-corrected chi connectivity index (χ2v) is 6.56. The maximum Gasteiger partial charge on any atom is 0.188 e. The predicted octanol–water partition coefficient (Wildman–Crippen LogP) is 1.62. The Hall–Kier alpha value is -1.26. The fraction of sp³-hybridized carbons (Fsp3) is 0.632. The molecule has 2 rings (SSSR count). The van der Waals surface area contributed by atoms with Gasteiger partial charge in [-0.25, -0.2) is 0 Å². The van der Waals surface area contributed by atoms with Crippen molar-refractivity contribution >= 4 is 29.9 Å². The Morgan fingerprint density at radius 2 is 1.96 bits per heavy atom. The van der Waals surface area contributed by atoms with Gasteiger partial charge >= 0.3 is 0 Å². The monoisotopic (exact) mass is 492 g/mol. The topological polar surface area (TPSA) is 92.3 Å². The number of aliphatic hydroxyl groups excluding tert-OH is 1. The van der Waals surface area contributed by atoms with Gasteiger partial charge in [0.1, 0.15) is 0 Å². The van der Waals surface area contributed by atoms with Crippen molar-refractivity contribution < 1.29 is 14.6 Å². The molecule has 0 saturated carbocycles. The number of guanidine groups is 1. The lowest BCUT2D eigenvalue weighted by Gasteiger charge is -2.29. The molecular weight excluding hydrogens is 459 g/mol. The average Bonchev–Trinajstić information content (AvgIpc) is 2.66. The van der Waals surface area contributed by atoms with Crippen LogP contribution in [-0.4, -0.2) is 69.0 Å². The number of hydrogen-bond donors (Lipinski definition) is 3. The molecule has 0 bridgehead atoms. The summed E-state index contributed by atoms with van der Waals surface area (Å²) in [7, 11) is 3.27. The van der Waals surface area contributed by atoms with E-state index in [1.807, 2.05) is 18.2 Å². The molecule has 1 aromatic rings. The van der Waals surface area contributed by atoms with Crippen LogP contribution in [0.5, 0.6) is 11.5 Å². The normalized spacial score (nSPS) is 15.9. The predicted molar refractivity (Wildman–Crippen MR) is 119 cm³/mol. The standard InChI is InChI=1S/C19H32N4O3.HI/c1-25-17-5-4-15(14-18(17)26-2)6-10-22-19(20)21-9-3-11-23-12-7-16(24)8-13-23;/h4-5,14,16,24H,3,6-13H2,1-2H3,(H3,20,21,22);1H. The number of aliphatic imine (C=N–C) groups is 1. The summed E-state index contributed by atoms with van der Waals surface area (Å²) in [5.41, 5.74) is 7.07. The van der Waals surface area contributed by atoms with Gasteiger partial charge in [0.05, 0.1) is 20.3 Å². The molecule has 0 radical (unpaired) electrons. The second kappa shape index (κ2) is 13.0. The van der Waals surface area contributed by atoms with Crippen molar-refractivity contribution in [3.63, 3.8) is 0 Å². The van der Waals surface area contributed by atoms with Crippen LogP contribution in [0.2, 0.25) is 0 Å². The lowest BCUT2D eigenvalue weighted by molar-refractivity contribution is 0.0824. The largest absolute Gasteiger partial charge is 0.493 e. The number of rotatable bonds is 9.